The van der Waals surface area contributed by atoms with E-state index < -0.39 is 38.5 Å². The number of oxazole rings is 1. The fourth-order valence-electron chi connectivity index (χ4n) is 3.53. The number of nitrogens with two attached hydrogens (primary N) is 1. The Labute approximate surface area is 181 Å². The molecule has 32 heavy (non-hydrogen) atoms. The molecule has 0 saturated carbocycles. The lowest BCUT2D eigenvalue weighted by Crippen LogP contribution is -2.21. The summed E-state index contributed by atoms with van der Waals surface area (Å²) in [5.41, 5.74) is 7.28. The van der Waals surface area contributed by atoms with Gasteiger partial charge in [0.05, 0.1) is 11.6 Å². The maximum absolute atomic E-state index is 14.9. The number of nitrogens with one attached hydrogen (secondary N) is 1. The van der Waals surface area contributed by atoms with E-state index in [1.165, 1.54) is 16.7 Å². The molecule has 0 aliphatic rings. The molecular formula is C21H18F2N4O4S. The van der Waals surface area contributed by atoms with E-state index in [0.29, 0.717) is 0 Å². The molecule has 1 atom stereocenters. The fourth-order valence-corrected chi connectivity index (χ4v) is 4.61. The van der Waals surface area contributed by atoms with Crippen molar-refractivity contribution in [3.63, 3.8) is 0 Å². The van der Waals surface area contributed by atoms with Crippen molar-refractivity contribution in [1.29, 1.82) is 0 Å². The molecule has 0 fully saturated rings. The molecule has 0 spiro atoms. The Hall–Kier alpha value is -3.57. The molecule has 0 unspecified atom stereocenters. The molecule has 4 rings (SSSR count). The van der Waals surface area contributed by atoms with Crippen molar-refractivity contribution in [2.24, 2.45) is 5.73 Å². The summed E-state index contributed by atoms with van der Waals surface area (Å²) in [5, 5.41) is 0. The minimum absolute atomic E-state index is 0.0784. The molecule has 2 aromatic heterocycles. The molecule has 0 aliphatic carbocycles. The highest BCUT2D eigenvalue weighted by molar-refractivity contribution is 7.92. The second-order valence-electron chi connectivity index (χ2n) is 7.02. The van der Waals surface area contributed by atoms with E-state index in [1.807, 2.05) is 16.9 Å². The summed E-state index contributed by atoms with van der Waals surface area (Å²) in [5.74, 6) is -3.13. The molecule has 0 radical (unpaired) electrons. The highest BCUT2D eigenvalue weighted by Gasteiger charge is 2.25. The second-order valence-corrected chi connectivity index (χ2v) is 8.67. The van der Waals surface area contributed by atoms with E-state index in [1.54, 1.807) is 19.1 Å². The van der Waals surface area contributed by atoms with Crippen LogP contribution in [0.2, 0.25) is 0 Å². The average molecular weight is 460 g/mol. The molecule has 0 saturated heterocycles. The van der Waals surface area contributed by atoms with Crippen molar-refractivity contribution in [3.8, 4) is 0 Å². The van der Waals surface area contributed by atoms with Gasteiger partial charge in [-0.25, -0.2) is 22.6 Å². The Morgan fingerprint density at radius 1 is 1.16 bits per heavy atom. The third-order valence-corrected chi connectivity index (χ3v) is 6.39. The highest BCUT2D eigenvalue weighted by atomic mass is 32.2. The number of fused-ring (bicyclic) bond motifs is 1. The summed E-state index contributed by atoms with van der Waals surface area (Å²) in [6, 6.07) is 12.0. The van der Waals surface area contributed by atoms with Crippen molar-refractivity contribution in [2.75, 3.05) is 4.72 Å². The first-order valence-electron chi connectivity index (χ1n) is 9.49. The van der Waals surface area contributed by atoms with Gasteiger partial charge in [-0.2, -0.15) is 4.39 Å². The average Bonchev–Trinajstić information content (AvgIpc) is 3.06. The van der Waals surface area contributed by atoms with E-state index in [2.05, 4.69) is 4.98 Å². The van der Waals surface area contributed by atoms with Gasteiger partial charge in [0, 0.05) is 18.7 Å². The highest BCUT2D eigenvalue weighted by Crippen LogP contribution is 2.28. The van der Waals surface area contributed by atoms with Crippen LogP contribution in [0.15, 0.2) is 68.7 Å². The minimum atomic E-state index is -4.48. The maximum Gasteiger partial charge on any atom is 0.420 e. The maximum atomic E-state index is 14.9. The Balaban J connectivity index is 1.80. The van der Waals surface area contributed by atoms with Crippen molar-refractivity contribution in [2.45, 2.75) is 24.4 Å². The number of benzene rings is 2. The van der Waals surface area contributed by atoms with Crippen LogP contribution in [0.4, 0.5) is 14.6 Å². The first-order valence-corrected chi connectivity index (χ1v) is 11.0. The van der Waals surface area contributed by atoms with Crippen molar-refractivity contribution >= 4 is 26.9 Å². The molecular weight excluding hydrogens is 442 g/mol. The van der Waals surface area contributed by atoms with Gasteiger partial charge >= 0.3 is 5.76 Å². The summed E-state index contributed by atoms with van der Waals surface area (Å²) in [6.45, 7) is 1.96. The largest absolute Gasteiger partial charge is 0.420 e. The summed E-state index contributed by atoms with van der Waals surface area (Å²) >= 11 is 0. The lowest BCUT2D eigenvalue weighted by molar-refractivity contribution is 0.488. The molecule has 8 nitrogen and oxygen atoms in total. The summed E-state index contributed by atoms with van der Waals surface area (Å²) in [6.07, 6.45) is 0. The Morgan fingerprint density at radius 3 is 2.62 bits per heavy atom. The number of rotatable bonds is 6. The van der Waals surface area contributed by atoms with Crippen molar-refractivity contribution in [3.05, 3.63) is 88.0 Å². The van der Waals surface area contributed by atoms with Gasteiger partial charge in [-0.15, -0.1) is 0 Å². The summed E-state index contributed by atoms with van der Waals surface area (Å²) < 4.78 is 61.9. The van der Waals surface area contributed by atoms with Crippen molar-refractivity contribution in [1.82, 2.24) is 9.55 Å². The van der Waals surface area contributed by atoms with E-state index in [0.717, 1.165) is 29.3 Å². The van der Waals surface area contributed by atoms with Crippen LogP contribution in [0.1, 0.15) is 24.1 Å². The number of nitrogens with zero attached hydrogens (tertiary/aromatic N) is 2. The van der Waals surface area contributed by atoms with E-state index >= 15 is 0 Å². The first kappa shape index (κ1) is 21.7. The van der Waals surface area contributed by atoms with Crippen LogP contribution in [-0.2, 0) is 16.6 Å². The molecule has 3 N–H and O–H groups in total. The zero-order valence-corrected chi connectivity index (χ0v) is 17.6. The zero-order valence-electron chi connectivity index (χ0n) is 16.7. The van der Waals surface area contributed by atoms with Crippen LogP contribution in [0.25, 0.3) is 11.1 Å². The Morgan fingerprint density at radius 2 is 1.91 bits per heavy atom. The summed E-state index contributed by atoms with van der Waals surface area (Å²) in [4.78, 5) is 15.2. The number of pyridine rings is 1. The van der Waals surface area contributed by atoms with Gasteiger partial charge in [-0.3, -0.25) is 9.29 Å². The zero-order chi connectivity index (χ0) is 23.0. The van der Waals surface area contributed by atoms with Gasteiger partial charge in [-0.05, 0) is 30.2 Å². The fraction of sp³-hybridized carbons (Fsp3) is 0.143. The second kappa shape index (κ2) is 8.17. The minimum Gasteiger partial charge on any atom is -0.408 e. The molecule has 0 bridgehead atoms. The molecule has 2 heterocycles. The van der Waals surface area contributed by atoms with E-state index in [4.69, 9.17) is 10.2 Å². The summed E-state index contributed by atoms with van der Waals surface area (Å²) in [7, 11) is -4.48. The predicted octanol–water partition coefficient (Wildman–Crippen LogP) is 3.14. The molecule has 166 valence electrons. The smallest absolute Gasteiger partial charge is 0.408 e. The van der Waals surface area contributed by atoms with Gasteiger partial charge in [0.25, 0.3) is 10.0 Å². The van der Waals surface area contributed by atoms with Gasteiger partial charge < -0.3 is 10.2 Å². The number of aromatic nitrogens is 2. The number of hydrogen-bond acceptors (Lipinski definition) is 6. The number of anilines is 1. The van der Waals surface area contributed by atoms with Crippen molar-refractivity contribution < 1.29 is 21.6 Å². The molecule has 0 aliphatic heterocycles. The van der Waals surface area contributed by atoms with Crippen LogP contribution < -0.4 is 16.2 Å². The lowest BCUT2D eigenvalue weighted by atomic mass is 10.0. The third-order valence-electron chi connectivity index (χ3n) is 5.02. The third kappa shape index (κ3) is 3.87. The normalized spacial score (nSPS) is 12.8. The van der Waals surface area contributed by atoms with Gasteiger partial charge in [-0.1, -0.05) is 30.3 Å². The van der Waals surface area contributed by atoms with Crippen LogP contribution >= 0.6 is 0 Å². The van der Waals surface area contributed by atoms with Gasteiger partial charge in [0.1, 0.15) is 16.5 Å². The van der Waals surface area contributed by atoms with Gasteiger partial charge in [0.2, 0.25) is 5.95 Å². The lowest BCUT2D eigenvalue weighted by Gasteiger charge is -2.17. The molecule has 2 aromatic carbocycles. The molecule has 11 heteroatoms. The van der Waals surface area contributed by atoms with E-state index in [-0.39, 0.29) is 23.5 Å². The number of hydrogen-bond donors (Lipinski definition) is 2. The quantitative estimate of drug-likeness (QED) is 0.427. The number of halogens is 2. The Bertz CT molecular complexity index is 1480. The van der Waals surface area contributed by atoms with Crippen LogP contribution in [-0.4, -0.2) is 18.0 Å². The molecule has 4 aromatic rings. The Kier molecular flexibility index (Phi) is 5.53. The van der Waals surface area contributed by atoms with Gasteiger partial charge in [0.15, 0.2) is 5.58 Å². The van der Waals surface area contributed by atoms with Crippen LogP contribution in [0, 0.1) is 11.8 Å². The SMILES string of the molecule is C[C@H](c1ccccc1CN)n1c(=O)oc2cc(S(=O)(=O)Nc3cccc(F)n3)c(F)cc21. The topological polar surface area (TPSA) is 120 Å². The monoisotopic (exact) mass is 460 g/mol. The van der Waals surface area contributed by atoms with Crippen LogP contribution in [0.5, 0.6) is 0 Å². The molecule has 0 amide bonds. The van der Waals surface area contributed by atoms with Crippen LogP contribution in [0.3, 0.4) is 0 Å². The van der Waals surface area contributed by atoms with E-state index in [9.17, 15) is 22.0 Å². The predicted molar refractivity (Wildman–Crippen MR) is 114 cm³/mol. The first-order chi connectivity index (χ1) is 15.2. The standard InChI is InChI=1S/C21H18F2N4O4S/c1-12(14-6-3-2-5-13(14)11-24)27-16-9-15(22)18(10-17(16)31-21(27)28)32(29,30)26-20-8-4-7-19(23)25-20/h2-10,12H,11,24H2,1H3,(H,25,26)/t12-/m1/s1. The number of sulfonamides is 1.